The zero-order chi connectivity index (χ0) is 11.4. The normalized spacial score (nSPS) is 11.4. The third-order valence-electron chi connectivity index (χ3n) is 1.82. The second kappa shape index (κ2) is 5.31. The van der Waals surface area contributed by atoms with Crippen LogP contribution in [-0.4, -0.2) is 10.9 Å². The number of aromatic nitrogens is 1. The molecule has 2 aromatic rings. The summed E-state index contributed by atoms with van der Waals surface area (Å²) in [7, 11) is 0. The zero-order valence-electron chi connectivity index (χ0n) is 8.13. The van der Waals surface area contributed by atoms with Gasteiger partial charge in [-0.05, 0) is 46.2 Å². The third-order valence-corrected chi connectivity index (χ3v) is 3.47. The SMILES string of the molecule is O=C(N=c1ncccs1)c1ccccc1I. The van der Waals surface area contributed by atoms with E-state index in [-0.39, 0.29) is 5.91 Å². The van der Waals surface area contributed by atoms with Crippen molar-refractivity contribution in [1.29, 1.82) is 0 Å². The second-order valence-corrected chi connectivity index (χ2v) is 4.94. The number of carbonyl (C=O) groups is 1. The third kappa shape index (κ3) is 2.73. The zero-order valence-corrected chi connectivity index (χ0v) is 11.1. The Labute approximate surface area is 110 Å². The van der Waals surface area contributed by atoms with E-state index in [9.17, 15) is 4.79 Å². The van der Waals surface area contributed by atoms with E-state index in [1.807, 2.05) is 23.6 Å². The minimum absolute atomic E-state index is 0.250. The van der Waals surface area contributed by atoms with Crippen LogP contribution in [0.4, 0.5) is 0 Å². The van der Waals surface area contributed by atoms with Gasteiger partial charge in [0.05, 0.1) is 5.56 Å². The van der Waals surface area contributed by atoms with Crippen molar-refractivity contribution in [2.45, 2.75) is 0 Å². The van der Waals surface area contributed by atoms with E-state index in [4.69, 9.17) is 0 Å². The van der Waals surface area contributed by atoms with E-state index in [0.29, 0.717) is 10.4 Å². The Morgan fingerprint density at radius 3 is 2.81 bits per heavy atom. The van der Waals surface area contributed by atoms with Gasteiger partial charge in [0.2, 0.25) is 4.80 Å². The molecular formula is C11H7IN2OS. The van der Waals surface area contributed by atoms with Gasteiger partial charge in [-0.25, -0.2) is 4.98 Å². The van der Waals surface area contributed by atoms with Crippen LogP contribution in [0.15, 0.2) is 46.9 Å². The number of carbonyl (C=O) groups excluding carboxylic acids is 1. The number of halogens is 1. The molecular weight excluding hydrogens is 335 g/mol. The van der Waals surface area contributed by atoms with Gasteiger partial charge in [-0.15, -0.1) is 11.3 Å². The maximum Gasteiger partial charge on any atom is 0.280 e. The average Bonchev–Trinajstić information content (AvgIpc) is 2.31. The summed E-state index contributed by atoms with van der Waals surface area (Å²) in [6.07, 6.45) is 1.62. The average molecular weight is 342 g/mol. The molecule has 5 heteroatoms. The molecule has 0 spiro atoms. The van der Waals surface area contributed by atoms with E-state index in [2.05, 4.69) is 32.6 Å². The summed E-state index contributed by atoms with van der Waals surface area (Å²) in [4.78, 5) is 20.3. The smallest absolute Gasteiger partial charge is 0.267 e. The minimum atomic E-state index is -0.250. The quantitative estimate of drug-likeness (QED) is 0.748. The molecule has 0 unspecified atom stereocenters. The molecule has 2 rings (SSSR count). The number of amides is 1. The van der Waals surface area contributed by atoms with Gasteiger partial charge in [0.25, 0.3) is 5.91 Å². The number of benzene rings is 1. The molecule has 0 fully saturated rings. The van der Waals surface area contributed by atoms with Crippen molar-refractivity contribution in [3.05, 3.63) is 55.8 Å². The molecule has 1 heterocycles. The predicted octanol–water partition coefficient (Wildman–Crippen LogP) is 2.49. The van der Waals surface area contributed by atoms with E-state index in [1.165, 1.54) is 11.3 Å². The number of nitrogens with zero attached hydrogens (tertiary/aromatic N) is 2. The van der Waals surface area contributed by atoms with Gasteiger partial charge in [-0.3, -0.25) is 4.79 Å². The predicted molar refractivity (Wildman–Crippen MR) is 71.2 cm³/mol. The Morgan fingerprint density at radius 1 is 1.31 bits per heavy atom. The monoisotopic (exact) mass is 342 g/mol. The molecule has 0 atom stereocenters. The van der Waals surface area contributed by atoms with E-state index < -0.39 is 0 Å². The number of hydrogen-bond acceptors (Lipinski definition) is 3. The highest BCUT2D eigenvalue weighted by Crippen LogP contribution is 2.12. The summed E-state index contributed by atoms with van der Waals surface area (Å²) in [6.45, 7) is 0. The first-order valence-electron chi connectivity index (χ1n) is 4.51. The first-order valence-corrected chi connectivity index (χ1v) is 6.46. The fourth-order valence-electron chi connectivity index (χ4n) is 1.11. The molecule has 80 valence electrons. The van der Waals surface area contributed by atoms with Crippen LogP contribution in [0.25, 0.3) is 0 Å². The van der Waals surface area contributed by atoms with Crippen LogP contribution in [0, 0.1) is 3.57 Å². The van der Waals surface area contributed by atoms with Gasteiger partial charge in [0, 0.05) is 9.77 Å². The molecule has 0 N–H and O–H groups in total. The van der Waals surface area contributed by atoms with E-state index in [1.54, 1.807) is 18.3 Å². The molecule has 0 bridgehead atoms. The molecule has 1 aromatic heterocycles. The fourth-order valence-corrected chi connectivity index (χ4v) is 2.26. The standard InChI is InChI=1S/C11H7IN2OS/c12-9-5-2-1-4-8(9)10(15)14-11-13-6-3-7-16-11/h1-7H. The summed E-state index contributed by atoms with van der Waals surface area (Å²) < 4.78 is 0.898. The summed E-state index contributed by atoms with van der Waals surface area (Å²) in [5.41, 5.74) is 0.612. The maximum atomic E-state index is 11.8. The van der Waals surface area contributed by atoms with Gasteiger partial charge >= 0.3 is 0 Å². The first kappa shape index (κ1) is 11.4. The van der Waals surface area contributed by atoms with Crippen molar-refractivity contribution in [2.75, 3.05) is 0 Å². The highest BCUT2D eigenvalue weighted by molar-refractivity contribution is 14.1. The molecule has 0 radical (unpaired) electrons. The van der Waals surface area contributed by atoms with Crippen LogP contribution >= 0.6 is 33.9 Å². The van der Waals surface area contributed by atoms with Gasteiger partial charge in [0.1, 0.15) is 0 Å². The Kier molecular flexibility index (Phi) is 3.79. The summed E-state index contributed by atoms with van der Waals surface area (Å²) >= 11 is 3.46. The molecule has 0 saturated heterocycles. The summed E-state index contributed by atoms with van der Waals surface area (Å²) in [5.74, 6) is -0.250. The van der Waals surface area contributed by atoms with Crippen LogP contribution in [0.1, 0.15) is 10.4 Å². The molecule has 1 aromatic carbocycles. The molecule has 0 aliphatic carbocycles. The molecule has 0 aliphatic heterocycles. The second-order valence-electron chi connectivity index (χ2n) is 2.90. The number of rotatable bonds is 1. The molecule has 1 amide bonds. The minimum Gasteiger partial charge on any atom is -0.267 e. The van der Waals surface area contributed by atoms with Crippen LogP contribution in [-0.2, 0) is 0 Å². The largest absolute Gasteiger partial charge is 0.280 e. The van der Waals surface area contributed by atoms with Gasteiger partial charge in [0.15, 0.2) is 0 Å². The first-order chi connectivity index (χ1) is 7.77. The lowest BCUT2D eigenvalue weighted by molar-refractivity contribution is 0.0997. The van der Waals surface area contributed by atoms with Crippen LogP contribution in [0.5, 0.6) is 0 Å². The molecule has 0 saturated carbocycles. The fraction of sp³-hybridized carbons (Fsp3) is 0. The maximum absolute atomic E-state index is 11.8. The van der Waals surface area contributed by atoms with E-state index >= 15 is 0 Å². The molecule has 16 heavy (non-hydrogen) atoms. The Balaban J connectivity index is 2.39. The van der Waals surface area contributed by atoms with Crippen molar-refractivity contribution >= 4 is 39.8 Å². The highest BCUT2D eigenvalue weighted by Gasteiger charge is 2.07. The number of hydrogen-bond donors (Lipinski definition) is 0. The molecule has 0 aliphatic rings. The van der Waals surface area contributed by atoms with Gasteiger partial charge in [-0.1, -0.05) is 12.1 Å². The van der Waals surface area contributed by atoms with Gasteiger partial charge in [-0.2, -0.15) is 4.99 Å². The topological polar surface area (TPSA) is 42.3 Å². The Bertz CT molecular complexity index is 562. The van der Waals surface area contributed by atoms with Crippen LogP contribution in [0.2, 0.25) is 0 Å². The van der Waals surface area contributed by atoms with Crippen molar-refractivity contribution in [3.63, 3.8) is 0 Å². The lowest BCUT2D eigenvalue weighted by Crippen LogP contribution is -2.08. The Hall–Kier alpha value is -1.08. The van der Waals surface area contributed by atoms with Crippen LogP contribution < -0.4 is 4.80 Å². The van der Waals surface area contributed by atoms with Crippen molar-refractivity contribution in [2.24, 2.45) is 4.99 Å². The summed E-state index contributed by atoms with van der Waals surface area (Å²) in [5, 5.41) is 1.84. The highest BCUT2D eigenvalue weighted by atomic mass is 127. The van der Waals surface area contributed by atoms with E-state index in [0.717, 1.165) is 3.57 Å². The van der Waals surface area contributed by atoms with Crippen molar-refractivity contribution < 1.29 is 4.79 Å². The van der Waals surface area contributed by atoms with Gasteiger partial charge < -0.3 is 0 Å². The van der Waals surface area contributed by atoms with Crippen molar-refractivity contribution in [1.82, 2.24) is 4.98 Å². The molecule has 3 nitrogen and oxygen atoms in total. The Morgan fingerprint density at radius 2 is 2.12 bits per heavy atom. The van der Waals surface area contributed by atoms with Crippen molar-refractivity contribution in [3.8, 4) is 0 Å². The lowest BCUT2D eigenvalue weighted by Gasteiger charge is -1.97. The lowest BCUT2D eigenvalue weighted by atomic mass is 10.2. The van der Waals surface area contributed by atoms with Crippen LogP contribution in [0.3, 0.4) is 0 Å². The summed E-state index contributed by atoms with van der Waals surface area (Å²) in [6, 6.07) is 9.17.